The number of phenols is 1. The molecule has 0 saturated heterocycles. The second-order valence-electron chi connectivity index (χ2n) is 14.1. The van der Waals surface area contributed by atoms with Crippen molar-refractivity contribution >= 4 is 53.2 Å². The monoisotopic (exact) mass is 842 g/mol. The summed E-state index contributed by atoms with van der Waals surface area (Å²) in [5.74, 6) is -1.91. The number of methoxy groups -OCH3 is 1. The normalized spacial score (nSPS) is 12.1. The minimum Gasteiger partial charge on any atom is -0.867 e. The number of nitrogens with zero attached hydrogens (tertiary/aromatic N) is 4. The van der Waals surface area contributed by atoms with Crippen molar-refractivity contribution in [3.05, 3.63) is 152 Å². The van der Waals surface area contributed by atoms with Gasteiger partial charge >= 0.3 is 31.6 Å². The number of ether oxygens (including phenoxy) is 1. The quantitative estimate of drug-likeness (QED) is 0.0776. The van der Waals surface area contributed by atoms with Crippen molar-refractivity contribution < 1.29 is 45.3 Å². The van der Waals surface area contributed by atoms with Crippen LogP contribution in [0.4, 0.5) is 11.4 Å². The van der Waals surface area contributed by atoms with E-state index in [9.17, 15) is 42.9 Å². The van der Waals surface area contributed by atoms with E-state index in [1.54, 1.807) is 64.1 Å². The third-order valence-electron chi connectivity index (χ3n) is 10.2. The SMILES string of the molecule is COc1cc(C(c2cc(C)c(O)c(C)c2)c2cc(C)c(OS(=O)(=O)c3cccc4c([O-])c([N+]#N)ccc34)c(C)c2)ccc1OS(=O)(=O)c1cc([N+]#N)c([O-])c2ccccc12. The lowest BCUT2D eigenvalue weighted by atomic mass is 9.82. The number of benzene rings is 7. The summed E-state index contributed by atoms with van der Waals surface area (Å²) in [6.07, 6.45) is 0. The van der Waals surface area contributed by atoms with Crippen molar-refractivity contribution in [3.63, 3.8) is 0 Å². The molecule has 302 valence electrons. The molecule has 0 aliphatic heterocycles. The van der Waals surface area contributed by atoms with Gasteiger partial charge in [-0.1, -0.05) is 66.7 Å². The molecular formula is C44H34N4O10S2. The van der Waals surface area contributed by atoms with Crippen LogP contribution < -0.4 is 23.3 Å². The lowest BCUT2D eigenvalue weighted by Gasteiger charge is -2.24. The second-order valence-corrected chi connectivity index (χ2v) is 17.2. The molecule has 16 heteroatoms. The molecule has 1 N–H and O–H groups in total. The predicted octanol–water partition coefficient (Wildman–Crippen LogP) is 8.77. The highest BCUT2D eigenvalue weighted by Gasteiger charge is 2.29. The van der Waals surface area contributed by atoms with Crippen molar-refractivity contribution in [1.82, 2.24) is 0 Å². The van der Waals surface area contributed by atoms with Crippen LogP contribution in [0.15, 0.2) is 113 Å². The average molecular weight is 843 g/mol. The van der Waals surface area contributed by atoms with Gasteiger partial charge in [-0.2, -0.15) is 16.8 Å². The highest BCUT2D eigenvalue weighted by atomic mass is 32.2. The lowest BCUT2D eigenvalue weighted by molar-refractivity contribution is -0.265. The molecule has 0 heterocycles. The van der Waals surface area contributed by atoms with E-state index in [0.717, 1.165) is 11.6 Å². The molecule has 0 amide bonds. The van der Waals surface area contributed by atoms with Crippen LogP contribution in [0.1, 0.15) is 44.9 Å². The zero-order valence-electron chi connectivity index (χ0n) is 32.6. The van der Waals surface area contributed by atoms with Crippen LogP contribution in [-0.2, 0) is 20.2 Å². The Labute approximate surface area is 345 Å². The van der Waals surface area contributed by atoms with Crippen molar-refractivity contribution in [2.75, 3.05) is 7.11 Å². The van der Waals surface area contributed by atoms with Gasteiger partial charge in [0.05, 0.1) is 13.2 Å². The van der Waals surface area contributed by atoms with Gasteiger partial charge in [-0.15, -0.1) is 0 Å². The summed E-state index contributed by atoms with van der Waals surface area (Å²) in [6, 6.07) is 25.4. The van der Waals surface area contributed by atoms with Crippen molar-refractivity contribution in [2.45, 2.75) is 43.4 Å². The van der Waals surface area contributed by atoms with Gasteiger partial charge in [0.1, 0.15) is 21.3 Å². The van der Waals surface area contributed by atoms with E-state index in [-0.39, 0.29) is 55.1 Å². The first-order chi connectivity index (χ1) is 28.5. The summed E-state index contributed by atoms with van der Waals surface area (Å²) >= 11 is 0. The van der Waals surface area contributed by atoms with Gasteiger partial charge in [0.15, 0.2) is 21.5 Å². The number of diazo groups is 2. The highest BCUT2D eigenvalue weighted by molar-refractivity contribution is 7.87. The Balaban J connectivity index is 1.31. The molecule has 0 aliphatic rings. The number of hydrogen-bond acceptors (Lipinski definition) is 12. The van der Waals surface area contributed by atoms with Crippen LogP contribution in [0, 0.1) is 38.5 Å². The van der Waals surface area contributed by atoms with Gasteiger partial charge < -0.3 is 28.4 Å². The van der Waals surface area contributed by atoms with Crippen LogP contribution in [0.5, 0.6) is 34.5 Å². The van der Waals surface area contributed by atoms with E-state index >= 15 is 0 Å². The maximum atomic E-state index is 13.8. The van der Waals surface area contributed by atoms with Gasteiger partial charge in [0.25, 0.3) is 0 Å². The van der Waals surface area contributed by atoms with Crippen LogP contribution in [0.2, 0.25) is 0 Å². The molecular weight excluding hydrogens is 809 g/mol. The van der Waals surface area contributed by atoms with Crippen LogP contribution in [0.3, 0.4) is 0 Å². The lowest BCUT2D eigenvalue weighted by Crippen LogP contribution is -2.13. The minimum absolute atomic E-state index is 0.0135. The van der Waals surface area contributed by atoms with E-state index in [2.05, 4.69) is 9.95 Å². The molecule has 1 unspecified atom stereocenters. The summed E-state index contributed by atoms with van der Waals surface area (Å²) in [4.78, 5) is 5.30. The maximum Gasteiger partial charge on any atom is 0.379 e. The smallest absolute Gasteiger partial charge is 0.379 e. The topological polar surface area (TPSA) is 219 Å². The van der Waals surface area contributed by atoms with Crippen LogP contribution >= 0.6 is 0 Å². The molecule has 7 aromatic rings. The fourth-order valence-corrected chi connectivity index (χ4v) is 9.87. The standard InChI is InChI=1S/C44H34N4O10S2/c1-23-17-28(18-24(2)41(23)49)40(27-13-16-36(37(21-27)56-5)57-60(54,55)39-22-35(48-46)43(51)32-10-7-6-9-30(32)39)29-19-25(3)44(26(4)20-29)58-59(52,53)38-12-8-11-33-31(38)14-15-34(47-45)42(33)50/h6-22,40H,1-5H3,(H-2,49,50,51). The number of phenolic OH excluding ortho intramolecular Hbond substituents is 1. The van der Waals surface area contributed by atoms with E-state index in [4.69, 9.17) is 13.1 Å². The van der Waals surface area contributed by atoms with E-state index in [1.807, 2.05) is 12.1 Å². The van der Waals surface area contributed by atoms with Crippen molar-refractivity contribution in [1.29, 1.82) is 10.8 Å². The number of rotatable bonds is 10. The van der Waals surface area contributed by atoms with Crippen molar-refractivity contribution in [2.24, 2.45) is 0 Å². The summed E-state index contributed by atoms with van der Waals surface area (Å²) in [5, 5.41) is 55.1. The molecule has 1 atom stereocenters. The predicted molar refractivity (Wildman–Crippen MR) is 219 cm³/mol. The largest absolute Gasteiger partial charge is 0.867 e. The molecule has 0 spiro atoms. The molecule has 0 bridgehead atoms. The van der Waals surface area contributed by atoms with E-state index in [0.29, 0.717) is 33.4 Å². The fraction of sp³-hybridized carbons (Fsp3) is 0.136. The number of aromatic hydroxyl groups is 1. The third-order valence-corrected chi connectivity index (χ3v) is 12.8. The molecule has 7 aromatic carbocycles. The maximum absolute atomic E-state index is 13.8. The molecule has 0 saturated carbocycles. The Morgan fingerprint density at radius 2 is 1.10 bits per heavy atom. The third kappa shape index (κ3) is 7.19. The Bertz CT molecular complexity index is 3200. The highest BCUT2D eigenvalue weighted by Crippen LogP contribution is 2.44. The van der Waals surface area contributed by atoms with Gasteiger partial charge in [-0.25, -0.2) is 0 Å². The van der Waals surface area contributed by atoms with Gasteiger partial charge in [0.2, 0.25) is 10.8 Å². The summed E-state index contributed by atoms with van der Waals surface area (Å²) in [7, 11) is -7.83. The zero-order chi connectivity index (χ0) is 43.3. The zero-order valence-corrected chi connectivity index (χ0v) is 34.3. The van der Waals surface area contributed by atoms with Gasteiger partial charge in [0, 0.05) is 22.8 Å². The molecule has 14 nitrogen and oxygen atoms in total. The first-order valence-electron chi connectivity index (χ1n) is 18.1. The minimum atomic E-state index is -4.65. The average Bonchev–Trinajstić information content (AvgIpc) is 3.22. The van der Waals surface area contributed by atoms with E-state index < -0.39 is 48.2 Å². The van der Waals surface area contributed by atoms with Crippen molar-refractivity contribution in [3.8, 4) is 34.5 Å². The number of hydrogen-bond donors (Lipinski definition) is 1. The second kappa shape index (κ2) is 15.4. The van der Waals surface area contributed by atoms with Gasteiger partial charge in [-0.05, 0) is 113 Å². The summed E-state index contributed by atoms with van der Waals surface area (Å²) in [5.41, 5.74) is 3.35. The number of aryl methyl sites for hydroxylation is 4. The Morgan fingerprint density at radius 3 is 1.70 bits per heavy atom. The molecule has 0 aliphatic carbocycles. The van der Waals surface area contributed by atoms with Crippen LogP contribution in [0.25, 0.3) is 31.5 Å². The number of fused-ring (bicyclic) bond motifs is 2. The Morgan fingerprint density at radius 1 is 0.567 bits per heavy atom. The first kappa shape index (κ1) is 40.8. The van der Waals surface area contributed by atoms with E-state index in [1.165, 1.54) is 55.6 Å². The molecule has 60 heavy (non-hydrogen) atoms. The van der Waals surface area contributed by atoms with Crippen LogP contribution in [-0.4, -0.2) is 29.1 Å². The Hall–Kier alpha value is -7.40. The molecule has 0 radical (unpaired) electrons. The van der Waals surface area contributed by atoms with Gasteiger partial charge in [-0.3, -0.25) is 0 Å². The Kier molecular flexibility index (Phi) is 10.5. The molecule has 0 aromatic heterocycles. The first-order valence-corrected chi connectivity index (χ1v) is 20.9. The molecule has 0 fully saturated rings. The summed E-state index contributed by atoms with van der Waals surface area (Å²) in [6.45, 7) is 6.87. The molecule has 7 rings (SSSR count). The fourth-order valence-electron chi connectivity index (χ4n) is 7.43. The summed E-state index contributed by atoms with van der Waals surface area (Å²) < 4.78 is 72.4.